The van der Waals surface area contributed by atoms with Crippen molar-refractivity contribution in [3.8, 4) is 0 Å². The van der Waals surface area contributed by atoms with E-state index in [1.165, 1.54) is 19.0 Å². The number of nitrogens with zero attached hydrogens (tertiary/aromatic N) is 5. The largest absolute Gasteiger partial charge is 0.327 e. The van der Waals surface area contributed by atoms with Gasteiger partial charge in [0.15, 0.2) is 5.82 Å². The van der Waals surface area contributed by atoms with E-state index in [0.29, 0.717) is 29.6 Å². The van der Waals surface area contributed by atoms with Crippen molar-refractivity contribution in [1.29, 1.82) is 0 Å². The van der Waals surface area contributed by atoms with E-state index in [4.69, 9.17) is 11.6 Å². The highest BCUT2D eigenvalue weighted by atomic mass is 35.5. The lowest BCUT2D eigenvalue weighted by Gasteiger charge is -2.33. The summed E-state index contributed by atoms with van der Waals surface area (Å²) in [5, 5.41) is 4.96. The molecule has 2 aromatic rings. The lowest BCUT2D eigenvalue weighted by molar-refractivity contribution is 0.0631. The fourth-order valence-corrected chi connectivity index (χ4v) is 3.08. The molecule has 6 nitrogen and oxygen atoms in total. The number of pyridine rings is 1. The lowest BCUT2D eigenvalue weighted by atomic mass is 10.1. The predicted octanol–water partition coefficient (Wildman–Crippen LogP) is 2.42. The first-order valence-corrected chi connectivity index (χ1v) is 7.88. The highest BCUT2D eigenvalue weighted by Crippen LogP contribution is 2.39. The highest BCUT2D eigenvalue weighted by Gasteiger charge is 2.35. The van der Waals surface area contributed by atoms with Crippen LogP contribution in [0.3, 0.4) is 0 Å². The molecule has 0 saturated heterocycles. The molecule has 1 saturated carbocycles. The van der Waals surface area contributed by atoms with Crippen LogP contribution in [0.15, 0.2) is 18.5 Å². The van der Waals surface area contributed by atoms with Crippen LogP contribution in [0.4, 0.5) is 0 Å². The summed E-state index contributed by atoms with van der Waals surface area (Å²) in [7, 11) is 0. The molecule has 2 aromatic heterocycles. The van der Waals surface area contributed by atoms with Crippen LogP contribution in [0, 0.1) is 0 Å². The summed E-state index contributed by atoms with van der Waals surface area (Å²) in [6.45, 7) is 3.27. The van der Waals surface area contributed by atoms with E-state index in [1.54, 1.807) is 12.3 Å². The zero-order valence-corrected chi connectivity index (χ0v) is 13.0. The molecule has 1 atom stereocenters. The van der Waals surface area contributed by atoms with Gasteiger partial charge in [-0.25, -0.2) is 9.67 Å². The Kier molecular flexibility index (Phi) is 3.14. The van der Waals surface area contributed by atoms with Gasteiger partial charge in [-0.1, -0.05) is 11.6 Å². The second kappa shape index (κ2) is 5.05. The predicted molar refractivity (Wildman–Crippen MR) is 80.7 cm³/mol. The minimum Gasteiger partial charge on any atom is -0.327 e. The maximum atomic E-state index is 12.8. The molecule has 1 amide bonds. The molecule has 0 aromatic carbocycles. The third-order valence-electron chi connectivity index (χ3n) is 4.32. The quantitative estimate of drug-likeness (QED) is 0.853. The Hall–Kier alpha value is -1.95. The molecule has 2 aliphatic rings. The van der Waals surface area contributed by atoms with E-state index in [-0.39, 0.29) is 11.9 Å². The Balaban J connectivity index is 1.63. The van der Waals surface area contributed by atoms with Crippen LogP contribution >= 0.6 is 11.6 Å². The maximum Gasteiger partial charge on any atom is 0.256 e. The van der Waals surface area contributed by atoms with Crippen molar-refractivity contribution in [1.82, 2.24) is 24.6 Å². The molecule has 1 aliphatic carbocycles. The van der Waals surface area contributed by atoms with Crippen LogP contribution in [0.5, 0.6) is 0 Å². The molecule has 0 radical (unpaired) electrons. The zero-order chi connectivity index (χ0) is 15.3. The van der Waals surface area contributed by atoms with E-state index >= 15 is 0 Å². The Bertz CT molecular complexity index is 739. The van der Waals surface area contributed by atoms with E-state index in [2.05, 4.69) is 15.1 Å². The van der Waals surface area contributed by atoms with Crippen LogP contribution in [-0.2, 0) is 6.54 Å². The van der Waals surface area contributed by atoms with Gasteiger partial charge in [-0.3, -0.25) is 9.78 Å². The number of amides is 1. The molecule has 3 heterocycles. The fourth-order valence-electron chi connectivity index (χ4n) is 2.88. The monoisotopic (exact) mass is 317 g/mol. The molecule has 4 rings (SSSR count). The molecule has 0 bridgehead atoms. The minimum atomic E-state index is -0.106. The van der Waals surface area contributed by atoms with Gasteiger partial charge in [0.2, 0.25) is 0 Å². The Morgan fingerprint density at radius 3 is 2.91 bits per heavy atom. The van der Waals surface area contributed by atoms with Gasteiger partial charge < -0.3 is 4.90 Å². The van der Waals surface area contributed by atoms with E-state index in [9.17, 15) is 4.79 Å². The van der Waals surface area contributed by atoms with Gasteiger partial charge >= 0.3 is 0 Å². The van der Waals surface area contributed by atoms with E-state index in [0.717, 1.165) is 11.6 Å². The van der Waals surface area contributed by atoms with E-state index in [1.807, 2.05) is 16.5 Å². The number of carbonyl (C=O) groups is 1. The zero-order valence-electron chi connectivity index (χ0n) is 12.2. The normalized spacial score (nSPS) is 20.8. The summed E-state index contributed by atoms with van der Waals surface area (Å²) < 4.78 is 1.94. The molecule has 1 aliphatic heterocycles. The summed E-state index contributed by atoms with van der Waals surface area (Å²) >= 11 is 6.10. The molecule has 1 fully saturated rings. The lowest BCUT2D eigenvalue weighted by Crippen LogP contribution is -2.41. The number of fused-ring (bicyclic) bond motifs is 1. The van der Waals surface area contributed by atoms with Gasteiger partial charge in [-0.15, -0.1) is 0 Å². The molecule has 22 heavy (non-hydrogen) atoms. The number of aromatic nitrogens is 4. The van der Waals surface area contributed by atoms with Crippen molar-refractivity contribution in [3.05, 3.63) is 40.7 Å². The van der Waals surface area contributed by atoms with Crippen LogP contribution < -0.4 is 0 Å². The number of rotatable bonds is 2. The van der Waals surface area contributed by atoms with Gasteiger partial charge in [-0.2, -0.15) is 5.10 Å². The van der Waals surface area contributed by atoms with Gasteiger partial charge in [0.25, 0.3) is 5.91 Å². The van der Waals surface area contributed by atoms with Gasteiger partial charge in [0, 0.05) is 24.9 Å². The summed E-state index contributed by atoms with van der Waals surface area (Å²) in [5.41, 5.74) is 0.485. The number of hydrogen-bond acceptors (Lipinski definition) is 4. The molecular weight excluding hydrogens is 302 g/mol. The number of hydrogen-bond donors (Lipinski definition) is 0. The Morgan fingerprint density at radius 1 is 1.36 bits per heavy atom. The van der Waals surface area contributed by atoms with Crippen LogP contribution in [0.2, 0.25) is 5.02 Å². The second-order valence-corrected chi connectivity index (χ2v) is 6.26. The standard InChI is InChI=1S/C15H16ClN5O/c1-9-14-18-13(10-2-3-10)19-21(14)7-6-20(9)15(22)11-4-5-17-8-12(11)16/h4-5,8-10H,2-3,6-7H2,1H3/t9-/m1/s1. The molecular formula is C15H16ClN5O. The SMILES string of the molecule is C[C@@H]1c2nc(C3CC3)nn2CCN1C(=O)c1ccncc1Cl. The summed E-state index contributed by atoms with van der Waals surface area (Å²) in [4.78, 5) is 23.1. The Labute approximate surface area is 133 Å². The molecule has 7 heteroatoms. The summed E-state index contributed by atoms with van der Waals surface area (Å²) in [6.07, 6.45) is 5.43. The van der Waals surface area contributed by atoms with Crippen molar-refractivity contribution in [2.75, 3.05) is 6.54 Å². The van der Waals surface area contributed by atoms with Crippen molar-refractivity contribution in [2.24, 2.45) is 0 Å². The smallest absolute Gasteiger partial charge is 0.256 e. The van der Waals surface area contributed by atoms with E-state index < -0.39 is 0 Å². The highest BCUT2D eigenvalue weighted by molar-refractivity contribution is 6.33. The molecule has 114 valence electrons. The third kappa shape index (κ3) is 2.18. The second-order valence-electron chi connectivity index (χ2n) is 5.86. The van der Waals surface area contributed by atoms with Crippen molar-refractivity contribution < 1.29 is 4.79 Å². The molecule has 0 unspecified atom stereocenters. The average molecular weight is 318 g/mol. The van der Waals surface area contributed by atoms with Gasteiger partial charge in [-0.05, 0) is 25.8 Å². The Morgan fingerprint density at radius 2 is 2.18 bits per heavy atom. The van der Waals surface area contributed by atoms with Crippen molar-refractivity contribution >= 4 is 17.5 Å². The van der Waals surface area contributed by atoms with Crippen LogP contribution in [0.1, 0.15) is 53.7 Å². The summed E-state index contributed by atoms with van der Waals surface area (Å²) in [5.74, 6) is 2.23. The first-order valence-electron chi connectivity index (χ1n) is 7.50. The fraction of sp³-hybridized carbons (Fsp3) is 0.467. The van der Waals surface area contributed by atoms with Crippen LogP contribution in [0.25, 0.3) is 0 Å². The minimum absolute atomic E-state index is 0.0814. The topological polar surface area (TPSA) is 63.9 Å². The van der Waals surface area contributed by atoms with Gasteiger partial charge in [0.05, 0.1) is 23.2 Å². The number of halogens is 1. The van der Waals surface area contributed by atoms with Crippen LogP contribution in [-0.4, -0.2) is 37.1 Å². The first-order chi connectivity index (χ1) is 10.6. The third-order valence-corrected chi connectivity index (χ3v) is 4.62. The summed E-state index contributed by atoms with van der Waals surface area (Å²) in [6, 6.07) is 1.55. The van der Waals surface area contributed by atoms with Gasteiger partial charge in [0.1, 0.15) is 5.82 Å². The maximum absolute atomic E-state index is 12.8. The first kappa shape index (κ1) is 13.7. The van der Waals surface area contributed by atoms with Crippen molar-refractivity contribution in [2.45, 2.75) is 38.3 Å². The number of carbonyl (C=O) groups excluding carboxylic acids is 1. The molecule has 0 N–H and O–H groups in total. The van der Waals surface area contributed by atoms with Crippen molar-refractivity contribution in [3.63, 3.8) is 0 Å². The average Bonchev–Trinajstić information content (AvgIpc) is 3.27. The molecule has 0 spiro atoms.